The Hall–Kier alpha value is -3.65. The number of hydrogen-bond donors (Lipinski definition) is 3. The third kappa shape index (κ3) is 4.12. The van der Waals surface area contributed by atoms with Crippen molar-refractivity contribution in [3.8, 4) is 0 Å². The van der Waals surface area contributed by atoms with Gasteiger partial charge in [-0.2, -0.15) is 0 Å². The third-order valence-electron chi connectivity index (χ3n) is 4.75. The van der Waals surface area contributed by atoms with E-state index in [4.69, 9.17) is 10.5 Å². The number of benzene rings is 1. The second kappa shape index (κ2) is 8.15. The van der Waals surface area contributed by atoms with Crippen LogP contribution in [0.2, 0.25) is 0 Å². The first kappa shape index (κ1) is 18.7. The van der Waals surface area contributed by atoms with Crippen LogP contribution in [0.5, 0.6) is 0 Å². The molecule has 3 amide bonds. The number of hydrogen-bond acceptors (Lipinski definition) is 4. The lowest BCUT2D eigenvalue weighted by Gasteiger charge is -2.26. The SMILES string of the molecule is NC(=O)C(=Cc1c[nH]c2nc(NC(=O)N3CCOCC3)ccc12)c1ccccc1. The van der Waals surface area contributed by atoms with E-state index in [-0.39, 0.29) is 6.03 Å². The first-order valence-electron chi connectivity index (χ1n) is 9.30. The predicted octanol–water partition coefficient (Wildman–Crippen LogP) is 2.45. The summed E-state index contributed by atoms with van der Waals surface area (Å²) in [6, 6.07) is 12.6. The molecule has 0 aliphatic carbocycles. The van der Waals surface area contributed by atoms with Gasteiger partial charge in [0.2, 0.25) is 5.91 Å². The number of aromatic amines is 1. The van der Waals surface area contributed by atoms with Crippen LogP contribution in [0.15, 0.2) is 48.7 Å². The fraction of sp³-hybridized carbons (Fsp3) is 0.190. The molecule has 0 atom stereocenters. The topological polar surface area (TPSA) is 113 Å². The molecule has 0 saturated carbocycles. The van der Waals surface area contributed by atoms with Crippen LogP contribution >= 0.6 is 0 Å². The van der Waals surface area contributed by atoms with Crippen molar-refractivity contribution in [2.75, 3.05) is 31.6 Å². The molecule has 0 unspecified atom stereocenters. The average molecular weight is 391 g/mol. The summed E-state index contributed by atoms with van der Waals surface area (Å²) in [5.74, 6) is -0.0579. The van der Waals surface area contributed by atoms with Gasteiger partial charge in [0.05, 0.1) is 13.2 Å². The van der Waals surface area contributed by atoms with Crippen molar-refractivity contribution in [3.63, 3.8) is 0 Å². The monoisotopic (exact) mass is 391 g/mol. The minimum absolute atomic E-state index is 0.202. The van der Waals surface area contributed by atoms with Gasteiger partial charge < -0.3 is 20.4 Å². The van der Waals surface area contributed by atoms with Crippen LogP contribution in [0.3, 0.4) is 0 Å². The van der Waals surface area contributed by atoms with Gasteiger partial charge in [0.15, 0.2) is 0 Å². The summed E-state index contributed by atoms with van der Waals surface area (Å²) in [6.07, 6.45) is 3.50. The second-order valence-corrected chi connectivity index (χ2v) is 6.65. The number of pyridine rings is 1. The number of primary amides is 1. The maximum Gasteiger partial charge on any atom is 0.323 e. The molecule has 29 heavy (non-hydrogen) atoms. The summed E-state index contributed by atoms with van der Waals surface area (Å²) in [7, 11) is 0. The Kier molecular flexibility index (Phi) is 5.26. The van der Waals surface area contributed by atoms with Crippen LogP contribution in [0.1, 0.15) is 11.1 Å². The molecular weight excluding hydrogens is 370 g/mol. The quantitative estimate of drug-likeness (QED) is 0.593. The molecule has 8 nitrogen and oxygen atoms in total. The van der Waals surface area contributed by atoms with Crippen LogP contribution in [-0.2, 0) is 9.53 Å². The number of nitrogens with two attached hydrogens (primary N) is 1. The van der Waals surface area contributed by atoms with Crippen LogP contribution in [0, 0.1) is 0 Å². The van der Waals surface area contributed by atoms with E-state index in [1.807, 2.05) is 36.4 Å². The molecule has 148 valence electrons. The van der Waals surface area contributed by atoms with Crippen molar-refractivity contribution < 1.29 is 14.3 Å². The highest BCUT2D eigenvalue weighted by Gasteiger charge is 2.17. The number of urea groups is 1. The van der Waals surface area contributed by atoms with E-state index in [0.29, 0.717) is 43.3 Å². The lowest BCUT2D eigenvalue weighted by molar-refractivity contribution is -0.112. The number of fused-ring (bicyclic) bond motifs is 1. The summed E-state index contributed by atoms with van der Waals surface area (Å²) in [5, 5.41) is 3.63. The van der Waals surface area contributed by atoms with Gasteiger partial charge in [-0.3, -0.25) is 10.1 Å². The van der Waals surface area contributed by atoms with Crippen molar-refractivity contribution in [2.24, 2.45) is 5.73 Å². The molecule has 4 N–H and O–H groups in total. The smallest absolute Gasteiger partial charge is 0.323 e. The van der Waals surface area contributed by atoms with Crippen LogP contribution < -0.4 is 11.1 Å². The van der Waals surface area contributed by atoms with Crippen LogP contribution in [-0.4, -0.2) is 53.1 Å². The first-order chi connectivity index (χ1) is 14.1. The lowest BCUT2D eigenvalue weighted by Crippen LogP contribution is -2.43. The Labute approximate surface area is 167 Å². The number of rotatable bonds is 4. The Morgan fingerprint density at radius 1 is 1.14 bits per heavy atom. The average Bonchev–Trinajstić information content (AvgIpc) is 3.15. The second-order valence-electron chi connectivity index (χ2n) is 6.65. The number of H-pyrrole nitrogens is 1. The Bertz CT molecular complexity index is 1070. The van der Waals surface area contributed by atoms with Crippen molar-refractivity contribution >= 4 is 40.4 Å². The van der Waals surface area contributed by atoms with Gasteiger partial charge in [-0.15, -0.1) is 0 Å². The van der Waals surface area contributed by atoms with Gasteiger partial charge in [-0.05, 0) is 23.8 Å². The molecule has 2 aromatic heterocycles. The highest BCUT2D eigenvalue weighted by Crippen LogP contribution is 2.24. The maximum absolute atomic E-state index is 12.3. The van der Waals surface area contributed by atoms with Gasteiger partial charge in [0, 0.05) is 35.8 Å². The third-order valence-corrected chi connectivity index (χ3v) is 4.75. The van der Waals surface area contributed by atoms with Crippen molar-refractivity contribution in [2.45, 2.75) is 0 Å². The number of nitrogens with zero attached hydrogens (tertiary/aromatic N) is 2. The van der Waals surface area contributed by atoms with E-state index < -0.39 is 5.91 Å². The molecular formula is C21H21N5O3. The molecule has 3 heterocycles. The molecule has 3 aromatic rings. The molecule has 4 rings (SSSR count). The Balaban J connectivity index is 1.59. The largest absolute Gasteiger partial charge is 0.378 e. The van der Waals surface area contributed by atoms with Gasteiger partial charge in [-0.1, -0.05) is 30.3 Å². The van der Waals surface area contributed by atoms with Crippen molar-refractivity contribution in [1.82, 2.24) is 14.9 Å². The number of carbonyl (C=O) groups is 2. The fourth-order valence-electron chi connectivity index (χ4n) is 3.24. The molecule has 8 heteroatoms. The van der Waals surface area contributed by atoms with Gasteiger partial charge in [-0.25, -0.2) is 9.78 Å². The van der Waals surface area contributed by atoms with Gasteiger partial charge in [0.25, 0.3) is 0 Å². The molecule has 1 saturated heterocycles. The summed E-state index contributed by atoms with van der Waals surface area (Å²) >= 11 is 0. The van der Waals surface area contributed by atoms with Gasteiger partial charge in [0.1, 0.15) is 11.5 Å². The minimum atomic E-state index is -0.507. The lowest BCUT2D eigenvalue weighted by atomic mass is 10.0. The van der Waals surface area contributed by atoms with E-state index in [0.717, 1.165) is 16.5 Å². The Morgan fingerprint density at radius 2 is 1.90 bits per heavy atom. The van der Waals surface area contributed by atoms with E-state index in [1.54, 1.807) is 23.2 Å². The van der Waals surface area contributed by atoms with Crippen molar-refractivity contribution in [1.29, 1.82) is 0 Å². The first-order valence-corrected chi connectivity index (χ1v) is 9.30. The number of morpholine rings is 1. The highest BCUT2D eigenvalue weighted by atomic mass is 16.5. The molecule has 1 aliphatic heterocycles. The number of aromatic nitrogens is 2. The molecule has 1 aliphatic rings. The van der Waals surface area contributed by atoms with Gasteiger partial charge >= 0.3 is 6.03 Å². The van der Waals surface area contributed by atoms with Crippen molar-refractivity contribution in [3.05, 3.63) is 59.8 Å². The number of nitrogens with one attached hydrogen (secondary N) is 2. The molecule has 0 radical (unpaired) electrons. The minimum Gasteiger partial charge on any atom is -0.378 e. The fourth-order valence-corrected chi connectivity index (χ4v) is 3.24. The van der Waals surface area contributed by atoms with E-state index in [2.05, 4.69) is 15.3 Å². The molecule has 1 fully saturated rings. The van der Waals surface area contributed by atoms with E-state index in [9.17, 15) is 9.59 Å². The predicted molar refractivity (Wildman–Crippen MR) is 111 cm³/mol. The summed E-state index contributed by atoms with van der Waals surface area (Å²) < 4.78 is 5.26. The van der Waals surface area contributed by atoms with Crippen LogP contribution in [0.4, 0.5) is 10.6 Å². The summed E-state index contributed by atoms with van der Waals surface area (Å²) in [5.41, 5.74) is 8.14. The summed E-state index contributed by atoms with van der Waals surface area (Å²) in [6.45, 7) is 2.19. The van der Waals surface area contributed by atoms with Crippen LogP contribution in [0.25, 0.3) is 22.7 Å². The number of amides is 3. The zero-order valence-electron chi connectivity index (χ0n) is 15.7. The number of anilines is 1. The molecule has 0 bridgehead atoms. The Morgan fingerprint density at radius 3 is 2.62 bits per heavy atom. The zero-order valence-corrected chi connectivity index (χ0v) is 15.7. The number of carbonyl (C=O) groups excluding carboxylic acids is 2. The highest BCUT2D eigenvalue weighted by molar-refractivity contribution is 6.24. The standard InChI is InChI=1S/C21H21N5O3/c22-19(27)17(14-4-2-1-3-5-14)12-15-13-23-20-16(15)6-7-18(24-20)25-21(28)26-8-10-29-11-9-26/h1-7,12-13H,8-11H2,(H2,22,27)(H2,23,24,25,28). The van der Waals surface area contributed by atoms with E-state index in [1.165, 1.54) is 0 Å². The number of ether oxygens (including phenoxy) is 1. The maximum atomic E-state index is 12.3. The summed E-state index contributed by atoms with van der Waals surface area (Å²) in [4.78, 5) is 33.5. The van der Waals surface area contributed by atoms with E-state index >= 15 is 0 Å². The normalized spacial score (nSPS) is 14.8. The molecule has 1 aromatic carbocycles. The molecule has 0 spiro atoms. The zero-order chi connectivity index (χ0) is 20.2.